The van der Waals surface area contributed by atoms with E-state index in [-0.39, 0.29) is 49.1 Å². The third kappa shape index (κ3) is 12.3. The van der Waals surface area contributed by atoms with E-state index in [1.165, 1.54) is 0 Å². The topological polar surface area (TPSA) is 188 Å². The zero-order valence-electron chi connectivity index (χ0n) is 37.0. The summed E-state index contributed by atoms with van der Waals surface area (Å²) in [7, 11) is -4.14. The minimum Gasteiger partial charge on any atom is -0.487 e. The Labute approximate surface area is 376 Å². The maximum atomic E-state index is 14.2. The van der Waals surface area contributed by atoms with Gasteiger partial charge in [-0.05, 0) is 110 Å². The van der Waals surface area contributed by atoms with Gasteiger partial charge in [0.05, 0.1) is 10.8 Å². The van der Waals surface area contributed by atoms with Crippen molar-refractivity contribution in [2.75, 3.05) is 6.54 Å². The van der Waals surface area contributed by atoms with Gasteiger partial charge in [-0.15, -0.1) is 0 Å². The van der Waals surface area contributed by atoms with Crippen LogP contribution < -0.4 is 30.7 Å². The van der Waals surface area contributed by atoms with E-state index in [9.17, 15) is 22.8 Å². The van der Waals surface area contributed by atoms with Gasteiger partial charge in [0.15, 0.2) is 0 Å². The summed E-state index contributed by atoms with van der Waals surface area (Å²) in [5, 5.41) is 20.1. The Balaban J connectivity index is 1.08. The first-order chi connectivity index (χ1) is 30.6. The van der Waals surface area contributed by atoms with Gasteiger partial charge in [-0.1, -0.05) is 115 Å². The van der Waals surface area contributed by atoms with Crippen molar-refractivity contribution in [1.29, 1.82) is 5.41 Å². The molecule has 13 nitrogen and oxygen atoms in total. The molecule has 1 aliphatic heterocycles. The second kappa shape index (κ2) is 21.1. The smallest absolute Gasteiger partial charge is 0.407 e. The molecule has 0 spiro atoms. The number of alkyl carbamates (subject to hydrolysis) is 1. The largest absolute Gasteiger partial charge is 0.487 e. The van der Waals surface area contributed by atoms with Crippen molar-refractivity contribution in [2.24, 2.45) is 0 Å². The lowest BCUT2D eigenvalue weighted by Crippen LogP contribution is -2.48. The minimum absolute atomic E-state index is 0.134. The number of amides is 3. The van der Waals surface area contributed by atoms with Crippen molar-refractivity contribution < 1.29 is 32.3 Å². The van der Waals surface area contributed by atoms with E-state index in [0.29, 0.717) is 24.0 Å². The summed E-state index contributed by atoms with van der Waals surface area (Å²) in [6.07, 6.45) is 1.38. The molecule has 1 heterocycles. The molecule has 64 heavy (non-hydrogen) atoms. The van der Waals surface area contributed by atoms with Gasteiger partial charge < -0.3 is 30.7 Å². The number of sulfonamides is 1. The molecule has 336 valence electrons. The average molecular weight is 887 g/mol. The van der Waals surface area contributed by atoms with E-state index >= 15 is 0 Å². The van der Waals surface area contributed by atoms with Crippen molar-refractivity contribution in [2.45, 2.75) is 102 Å². The zero-order chi connectivity index (χ0) is 45.9. The Bertz CT molecular complexity index is 2500. The fourth-order valence-electron chi connectivity index (χ4n) is 7.84. The standard InChI is InChI=1S/C50H58N6O7S/c1-33-34(2)45(35(3)41-27-28-50(4,5)63-44(33)41)64(60,61)56-48(51)52-29-15-22-42(55-47(58)43(39-18-11-7-12-19-39)40-20-13-8-14-21-40)46(57)53-30-36-23-25-37(26-24-36)31-54-49(59)62-32-38-16-9-6-10-17-38/h6-14,16-21,23-26,42-43H,15,22,27-32H2,1-5H3,(H,53,57)(H,54,59)(H,55,58)(H3,51,52,56)/t42-/m1/s1. The SMILES string of the molecule is Cc1c(C)c(S(=O)(=O)NC(=N)NCCC[C@@H](NC(=O)C(c2ccccc2)c2ccccc2)C(=O)NCc2ccc(CNC(=O)OCc3ccccc3)cc2)c(C)c2c1OC(C)(C)CC2. The highest BCUT2D eigenvalue weighted by Gasteiger charge is 2.34. The van der Waals surface area contributed by atoms with E-state index in [4.69, 9.17) is 14.9 Å². The second-order valence-electron chi connectivity index (χ2n) is 16.7. The fourth-order valence-corrected chi connectivity index (χ4v) is 9.36. The summed E-state index contributed by atoms with van der Waals surface area (Å²) < 4.78 is 41.5. The lowest BCUT2D eigenvalue weighted by atomic mass is 9.88. The molecule has 0 aliphatic carbocycles. The Morgan fingerprint density at radius 3 is 1.88 bits per heavy atom. The molecular formula is C50H58N6O7S. The van der Waals surface area contributed by atoms with Gasteiger partial charge in [-0.25, -0.2) is 17.9 Å². The van der Waals surface area contributed by atoms with Crippen LogP contribution in [0.15, 0.2) is 120 Å². The Kier molecular flexibility index (Phi) is 15.5. The Hall–Kier alpha value is -6.67. The van der Waals surface area contributed by atoms with Crippen LogP contribution in [0.4, 0.5) is 4.79 Å². The summed E-state index contributed by atoms with van der Waals surface area (Å²) in [5.74, 6) is -1.13. The Morgan fingerprint density at radius 1 is 0.719 bits per heavy atom. The number of carbonyl (C=O) groups excluding carboxylic acids is 3. The third-order valence-corrected chi connectivity index (χ3v) is 13.1. The van der Waals surface area contributed by atoms with E-state index in [1.807, 2.05) is 136 Å². The highest BCUT2D eigenvalue weighted by molar-refractivity contribution is 7.90. The lowest BCUT2D eigenvalue weighted by molar-refractivity contribution is -0.129. The van der Waals surface area contributed by atoms with Crippen LogP contribution in [0.5, 0.6) is 5.75 Å². The molecule has 6 N–H and O–H groups in total. The van der Waals surface area contributed by atoms with Crippen LogP contribution in [0.1, 0.15) is 89.1 Å². The summed E-state index contributed by atoms with van der Waals surface area (Å²) in [6.45, 7) is 10.2. The quantitative estimate of drug-likeness (QED) is 0.0318. The van der Waals surface area contributed by atoms with E-state index in [0.717, 1.165) is 51.1 Å². The first kappa shape index (κ1) is 46.8. The first-order valence-corrected chi connectivity index (χ1v) is 23.0. The number of hydrogen-bond acceptors (Lipinski definition) is 8. The van der Waals surface area contributed by atoms with Crippen molar-refractivity contribution in [1.82, 2.24) is 26.0 Å². The maximum Gasteiger partial charge on any atom is 0.407 e. The molecule has 1 atom stereocenters. The molecule has 0 saturated heterocycles. The number of rotatable bonds is 17. The highest BCUT2D eigenvalue weighted by Crippen LogP contribution is 2.42. The molecule has 0 saturated carbocycles. The summed E-state index contributed by atoms with van der Waals surface area (Å²) >= 11 is 0. The molecule has 5 aromatic carbocycles. The molecule has 3 amide bonds. The third-order valence-electron chi connectivity index (χ3n) is 11.4. The maximum absolute atomic E-state index is 14.2. The summed E-state index contributed by atoms with van der Waals surface area (Å²) in [4.78, 5) is 40.4. The van der Waals surface area contributed by atoms with Crippen LogP contribution in [-0.2, 0) is 50.5 Å². The molecule has 1 aliphatic rings. The number of guanidine groups is 1. The van der Waals surface area contributed by atoms with E-state index in [1.54, 1.807) is 13.8 Å². The first-order valence-electron chi connectivity index (χ1n) is 21.5. The van der Waals surface area contributed by atoms with E-state index in [2.05, 4.69) is 26.0 Å². The van der Waals surface area contributed by atoms with Gasteiger partial charge >= 0.3 is 6.09 Å². The van der Waals surface area contributed by atoms with Gasteiger partial charge in [-0.2, -0.15) is 0 Å². The molecule has 0 radical (unpaired) electrons. The van der Waals surface area contributed by atoms with Gasteiger partial charge in [-0.3, -0.25) is 15.0 Å². The highest BCUT2D eigenvalue weighted by atomic mass is 32.2. The van der Waals surface area contributed by atoms with Crippen LogP contribution >= 0.6 is 0 Å². The van der Waals surface area contributed by atoms with Crippen molar-refractivity contribution in [3.05, 3.63) is 165 Å². The zero-order valence-corrected chi connectivity index (χ0v) is 37.9. The second-order valence-corrected chi connectivity index (χ2v) is 18.3. The summed E-state index contributed by atoms with van der Waals surface area (Å²) in [5.41, 5.74) is 6.49. The number of benzene rings is 5. The lowest BCUT2D eigenvalue weighted by Gasteiger charge is -2.35. The molecular weight excluding hydrogens is 829 g/mol. The molecule has 0 fully saturated rings. The van der Waals surface area contributed by atoms with Crippen LogP contribution in [0, 0.1) is 26.2 Å². The predicted molar refractivity (Wildman–Crippen MR) is 247 cm³/mol. The van der Waals surface area contributed by atoms with Crippen LogP contribution in [-0.4, -0.2) is 50.5 Å². The van der Waals surface area contributed by atoms with Gasteiger partial charge in [0.2, 0.25) is 17.8 Å². The number of fused-ring (bicyclic) bond motifs is 1. The van der Waals surface area contributed by atoms with Crippen LogP contribution in [0.25, 0.3) is 0 Å². The molecule has 14 heteroatoms. The van der Waals surface area contributed by atoms with Crippen molar-refractivity contribution in [3.63, 3.8) is 0 Å². The molecule has 0 aromatic heterocycles. The molecule has 0 unspecified atom stereocenters. The minimum atomic E-state index is -4.14. The predicted octanol–water partition coefficient (Wildman–Crippen LogP) is 7.36. The van der Waals surface area contributed by atoms with Gasteiger partial charge in [0.25, 0.3) is 10.0 Å². The van der Waals surface area contributed by atoms with E-state index < -0.39 is 39.9 Å². The van der Waals surface area contributed by atoms with Crippen molar-refractivity contribution >= 4 is 33.9 Å². The number of hydrogen-bond donors (Lipinski definition) is 6. The van der Waals surface area contributed by atoms with Crippen LogP contribution in [0.3, 0.4) is 0 Å². The van der Waals surface area contributed by atoms with Gasteiger partial charge in [0, 0.05) is 19.6 Å². The number of ether oxygens (including phenoxy) is 2. The Morgan fingerprint density at radius 2 is 1.28 bits per heavy atom. The number of nitrogens with one attached hydrogen (secondary N) is 6. The normalized spacial score (nSPS) is 13.4. The monoisotopic (exact) mass is 886 g/mol. The fraction of sp³-hybridized carbons (Fsp3) is 0.320. The summed E-state index contributed by atoms with van der Waals surface area (Å²) in [6, 6.07) is 34.5. The molecule has 6 rings (SSSR count). The molecule has 5 aromatic rings. The molecule has 0 bridgehead atoms. The van der Waals surface area contributed by atoms with Gasteiger partial charge in [0.1, 0.15) is 24.0 Å². The average Bonchev–Trinajstić information content (AvgIpc) is 3.28. The number of carbonyl (C=O) groups is 3. The van der Waals surface area contributed by atoms with Crippen LogP contribution in [0.2, 0.25) is 0 Å². The van der Waals surface area contributed by atoms with Crippen molar-refractivity contribution in [3.8, 4) is 5.75 Å².